The van der Waals surface area contributed by atoms with Crippen LogP contribution in [-0.2, 0) is 21.4 Å². The zero-order chi connectivity index (χ0) is 48.9. The fraction of sp³-hybridized carbons (Fsp3) is 0.482. The van der Waals surface area contributed by atoms with E-state index in [1.165, 1.54) is 50.1 Å². The molecule has 2 unspecified atom stereocenters. The number of benzene rings is 4. The van der Waals surface area contributed by atoms with Crippen LogP contribution in [0.1, 0.15) is 97.4 Å². The number of nitrogens with zero attached hydrogens (tertiary/aromatic N) is 5. The Morgan fingerprint density at radius 1 is 0.829 bits per heavy atom. The standard InChI is InChI=1S/C37H47N5O.C19H22N4O4/c1-26-8-12-31(40-32-23-38-24-32)22-36(26)37(43)39-27(2)33-13-11-30(34-6-4-5-7-35(33)34)10-9-28-16-20-42(21-17-28)25-29-14-18-41(3)19-15-29;1-21-16-10-13(22-8-6-12(11-24)7-9-22)2-3-14(16)23(19(21)27)15-4-5-17(25)20-18(15)26/h4-8,11-13,22,27-29,32,38,40H,14-21,23-25H2,1-3H3,(H,39,43);2-3,10-12,15H,4-9H2,1H3,(H,20,25,26). The molecule has 70 heavy (non-hydrogen) atoms. The summed E-state index contributed by atoms with van der Waals surface area (Å²) in [6, 6.07) is 24.2. The summed E-state index contributed by atoms with van der Waals surface area (Å²) in [6.07, 6.45) is 8.24. The highest BCUT2D eigenvalue weighted by atomic mass is 16.2. The summed E-state index contributed by atoms with van der Waals surface area (Å²) in [7, 11) is 3.93. The van der Waals surface area contributed by atoms with Gasteiger partial charge >= 0.3 is 5.69 Å². The zero-order valence-electron chi connectivity index (χ0n) is 41.3. The summed E-state index contributed by atoms with van der Waals surface area (Å²) in [6.45, 7) is 13.7. The van der Waals surface area contributed by atoms with Gasteiger partial charge in [0.15, 0.2) is 0 Å². The van der Waals surface area contributed by atoms with Crippen LogP contribution in [0.25, 0.3) is 21.8 Å². The molecule has 5 aliphatic rings. The van der Waals surface area contributed by atoms with Crippen LogP contribution in [0.2, 0.25) is 0 Å². The average molecular weight is 948 g/mol. The summed E-state index contributed by atoms with van der Waals surface area (Å²) in [5.41, 5.74) is 7.04. The number of aldehydes is 1. The van der Waals surface area contributed by atoms with Crippen LogP contribution in [0.5, 0.6) is 0 Å². The number of imide groups is 1. The molecule has 0 bridgehead atoms. The van der Waals surface area contributed by atoms with Gasteiger partial charge in [-0.3, -0.25) is 28.8 Å². The maximum atomic E-state index is 13.4. The Morgan fingerprint density at radius 3 is 2.27 bits per heavy atom. The smallest absolute Gasteiger partial charge is 0.329 e. The van der Waals surface area contributed by atoms with Gasteiger partial charge in [-0.1, -0.05) is 48.2 Å². The lowest BCUT2D eigenvalue weighted by molar-refractivity contribution is -0.135. The number of aryl methyl sites for hydroxylation is 2. The van der Waals surface area contributed by atoms with Gasteiger partial charge in [0, 0.05) is 80.5 Å². The monoisotopic (exact) mass is 948 g/mol. The van der Waals surface area contributed by atoms with Gasteiger partial charge in [-0.25, -0.2) is 4.79 Å². The molecule has 0 spiro atoms. The third-order valence-corrected chi connectivity index (χ3v) is 15.5. The van der Waals surface area contributed by atoms with Crippen molar-refractivity contribution < 1.29 is 19.2 Å². The highest BCUT2D eigenvalue weighted by molar-refractivity contribution is 6.00. The van der Waals surface area contributed by atoms with E-state index in [0.717, 1.165) is 108 Å². The molecule has 3 amide bonds. The molecule has 1 aromatic heterocycles. The quantitative estimate of drug-likeness (QED) is 0.0728. The predicted molar refractivity (Wildman–Crippen MR) is 277 cm³/mol. The average Bonchev–Trinajstić information content (AvgIpc) is 3.60. The lowest BCUT2D eigenvalue weighted by Crippen LogP contribution is -2.51. The molecule has 10 rings (SSSR count). The van der Waals surface area contributed by atoms with E-state index in [-0.39, 0.29) is 35.9 Å². The second-order valence-corrected chi connectivity index (χ2v) is 20.4. The lowest BCUT2D eigenvalue weighted by Gasteiger charge is -2.35. The van der Waals surface area contributed by atoms with Crippen molar-refractivity contribution in [1.29, 1.82) is 0 Å². The van der Waals surface area contributed by atoms with Crippen LogP contribution in [0.3, 0.4) is 0 Å². The highest BCUT2D eigenvalue weighted by Crippen LogP contribution is 2.31. The van der Waals surface area contributed by atoms with Crippen LogP contribution in [0, 0.1) is 36.5 Å². The number of aromatic nitrogens is 2. The molecule has 5 saturated heterocycles. The van der Waals surface area contributed by atoms with E-state index in [4.69, 9.17) is 0 Å². The Kier molecular flexibility index (Phi) is 15.2. The number of piperidine rings is 4. The summed E-state index contributed by atoms with van der Waals surface area (Å²) in [4.78, 5) is 68.2. The van der Waals surface area contributed by atoms with E-state index in [9.17, 15) is 24.0 Å². The first-order valence-corrected chi connectivity index (χ1v) is 25.5. The normalized spacial score (nSPS) is 20.5. The molecule has 5 aliphatic heterocycles. The third kappa shape index (κ3) is 11.0. The zero-order valence-corrected chi connectivity index (χ0v) is 41.3. The number of amides is 3. The van der Waals surface area contributed by atoms with Crippen molar-refractivity contribution in [3.8, 4) is 11.8 Å². The second kappa shape index (κ2) is 21.8. The molecule has 14 nitrogen and oxygen atoms in total. The van der Waals surface area contributed by atoms with Crippen molar-refractivity contribution in [3.63, 3.8) is 0 Å². The number of imidazole rings is 1. The number of carbonyl (C=O) groups is 4. The van der Waals surface area contributed by atoms with Crippen LogP contribution in [0.15, 0.2) is 77.6 Å². The Labute approximate surface area is 411 Å². The number of fused-ring (bicyclic) bond motifs is 2. The van der Waals surface area contributed by atoms with Crippen molar-refractivity contribution in [1.82, 2.24) is 34.9 Å². The van der Waals surface area contributed by atoms with Gasteiger partial charge in [-0.2, -0.15) is 0 Å². The minimum Gasteiger partial charge on any atom is -0.380 e. The fourth-order valence-electron chi connectivity index (χ4n) is 10.9. The lowest BCUT2D eigenvalue weighted by atomic mass is 9.92. The number of hydrogen-bond acceptors (Lipinski definition) is 10. The molecule has 0 aliphatic carbocycles. The molecule has 14 heteroatoms. The molecule has 5 fully saturated rings. The number of nitrogens with one attached hydrogen (secondary N) is 4. The Morgan fingerprint density at radius 2 is 1.57 bits per heavy atom. The van der Waals surface area contributed by atoms with Gasteiger partial charge < -0.3 is 35.4 Å². The summed E-state index contributed by atoms with van der Waals surface area (Å²) in [5, 5.41) is 14.7. The maximum absolute atomic E-state index is 13.4. The molecular formula is C56H69N9O5. The molecule has 4 N–H and O–H groups in total. The Balaban J connectivity index is 0.000000193. The predicted octanol–water partition coefficient (Wildman–Crippen LogP) is 6.16. The van der Waals surface area contributed by atoms with E-state index < -0.39 is 11.9 Å². The van der Waals surface area contributed by atoms with E-state index >= 15 is 0 Å². The van der Waals surface area contributed by atoms with E-state index in [2.05, 4.69) is 104 Å². The first kappa shape index (κ1) is 48.7. The van der Waals surface area contributed by atoms with Gasteiger partial charge in [-0.15, -0.1) is 0 Å². The summed E-state index contributed by atoms with van der Waals surface area (Å²) < 4.78 is 3.03. The van der Waals surface area contributed by atoms with Gasteiger partial charge in [0.25, 0.3) is 5.91 Å². The largest absolute Gasteiger partial charge is 0.380 e. The van der Waals surface area contributed by atoms with Crippen molar-refractivity contribution in [3.05, 3.63) is 106 Å². The summed E-state index contributed by atoms with van der Waals surface area (Å²) >= 11 is 0. The molecule has 2 atom stereocenters. The van der Waals surface area contributed by atoms with Crippen LogP contribution in [0.4, 0.5) is 11.4 Å². The topological polar surface area (TPSA) is 153 Å². The molecule has 6 heterocycles. The van der Waals surface area contributed by atoms with Gasteiger partial charge in [0.2, 0.25) is 11.8 Å². The minimum absolute atomic E-state index is 0.0458. The molecular weight excluding hydrogens is 879 g/mol. The molecule has 4 aromatic carbocycles. The van der Waals surface area contributed by atoms with E-state index in [1.54, 1.807) is 11.6 Å². The summed E-state index contributed by atoms with van der Waals surface area (Å²) in [5.74, 6) is 7.86. The van der Waals surface area contributed by atoms with Gasteiger partial charge in [-0.05, 0) is 156 Å². The van der Waals surface area contributed by atoms with Crippen molar-refractivity contribution >= 4 is 57.2 Å². The first-order chi connectivity index (χ1) is 33.9. The van der Waals surface area contributed by atoms with E-state index in [1.807, 2.05) is 37.3 Å². The number of rotatable bonds is 10. The van der Waals surface area contributed by atoms with Crippen molar-refractivity contribution in [2.24, 2.45) is 24.8 Å². The first-order valence-electron chi connectivity index (χ1n) is 25.5. The third-order valence-electron chi connectivity index (χ3n) is 15.5. The molecule has 368 valence electrons. The maximum Gasteiger partial charge on any atom is 0.329 e. The van der Waals surface area contributed by atoms with Gasteiger partial charge in [0.1, 0.15) is 12.3 Å². The molecule has 0 saturated carbocycles. The Bertz CT molecular complexity index is 2850. The number of likely N-dealkylation sites (tertiary alicyclic amines) is 2. The number of hydrogen-bond donors (Lipinski definition) is 4. The molecule has 0 radical (unpaired) electrons. The second-order valence-electron chi connectivity index (χ2n) is 20.4. The van der Waals surface area contributed by atoms with Crippen molar-refractivity contribution in [2.45, 2.75) is 83.3 Å². The highest BCUT2D eigenvalue weighted by Gasteiger charge is 2.32. The Hall–Kier alpha value is -6.27. The number of anilines is 2. The molecule has 5 aromatic rings. The van der Waals surface area contributed by atoms with Gasteiger partial charge in [0.05, 0.1) is 23.1 Å². The minimum atomic E-state index is -0.673. The van der Waals surface area contributed by atoms with Crippen LogP contribution < -0.4 is 31.9 Å². The van der Waals surface area contributed by atoms with Crippen molar-refractivity contribution in [2.75, 3.05) is 76.2 Å². The number of carbonyl (C=O) groups excluding carboxylic acids is 4. The SMILES string of the molecule is Cc1ccc(NC2CNC2)cc1C(=O)NC(C)c1ccc(C#CC2CCN(CC3CCN(C)CC3)CC2)c2ccccc12.Cn1c(=O)n(C2CCC(=O)NC2=O)c2ccc(N3CCC(C=O)CC3)cc21. The van der Waals surface area contributed by atoms with E-state index in [0.29, 0.717) is 29.5 Å². The van der Waals surface area contributed by atoms with Crippen LogP contribution in [-0.4, -0.2) is 115 Å². The van der Waals surface area contributed by atoms with Crippen LogP contribution >= 0.6 is 0 Å². The fourth-order valence-corrected chi connectivity index (χ4v) is 10.9.